The molecule has 1 aromatic rings. The van der Waals surface area contributed by atoms with E-state index in [1.165, 1.54) is 24.0 Å². The first-order valence-electron chi connectivity index (χ1n) is 7.05. The van der Waals surface area contributed by atoms with Crippen LogP contribution >= 0.6 is 0 Å². The summed E-state index contributed by atoms with van der Waals surface area (Å²) < 4.78 is 0.0644. The predicted octanol–water partition coefficient (Wildman–Crippen LogP) is 5.04. The Kier molecular flexibility index (Phi) is 7.06. The van der Waals surface area contributed by atoms with Gasteiger partial charge in [0.2, 0.25) is 0 Å². The summed E-state index contributed by atoms with van der Waals surface area (Å²) in [5, 5.41) is 0. The van der Waals surface area contributed by atoms with E-state index in [4.69, 9.17) is 0 Å². The lowest BCUT2D eigenvalue weighted by Crippen LogP contribution is -2.17. The largest absolute Gasteiger partial charge is 0.143 e. The highest BCUT2D eigenvalue weighted by atomic mass is 32.1. The minimum absolute atomic E-state index is 0.0644. The van der Waals surface area contributed by atoms with Gasteiger partial charge in [0.1, 0.15) is 4.75 Å². The molecule has 0 unspecified atom stereocenters. The number of rotatable bonds is 3. The molecule has 0 atom stereocenters. The Bertz CT molecular complexity index is 328. The molecular weight excluding hydrogens is 236 g/mol. The molecule has 0 aromatic heterocycles. The van der Waals surface area contributed by atoms with Crippen molar-refractivity contribution < 1.29 is 0 Å². The number of benzene rings is 1. The quantitative estimate of drug-likeness (QED) is 0.673. The molecule has 0 aliphatic heterocycles. The van der Waals surface area contributed by atoms with E-state index in [1.54, 1.807) is 0 Å². The molecule has 0 amide bonds. The fraction of sp³-hybridized carbons (Fsp3) is 0.647. The zero-order chi connectivity index (χ0) is 14.4. The first-order valence-corrected chi connectivity index (χ1v) is 7.55. The average molecular weight is 268 g/mol. The van der Waals surface area contributed by atoms with E-state index in [0.717, 1.165) is 0 Å². The van der Waals surface area contributed by atoms with Crippen molar-refractivity contribution in [1.29, 1.82) is 0 Å². The van der Waals surface area contributed by atoms with E-state index < -0.39 is 0 Å². The molecule has 0 saturated carbocycles. The molecule has 0 heterocycles. The standard InChI is InChI=1S/C14H22S.C3H8/c1-6-13(2,3)11-7-9-12(10-8-11)14(4,5)15;1-3-2/h7-10,15H,6H2,1-5H3;3H2,1-2H3/p+1. The Hall–Kier alpha value is -0.430. The molecule has 0 nitrogen and oxygen atoms in total. The highest BCUT2D eigenvalue weighted by Gasteiger charge is 2.23. The highest BCUT2D eigenvalue weighted by Crippen LogP contribution is 2.29. The Balaban J connectivity index is 0.000000873. The Morgan fingerprint density at radius 2 is 1.17 bits per heavy atom. The maximum atomic E-state index is 3.73. The average Bonchev–Trinajstić information content (AvgIpc) is 2.29. The van der Waals surface area contributed by atoms with E-state index >= 15 is 0 Å². The van der Waals surface area contributed by atoms with Crippen molar-refractivity contribution in [3.63, 3.8) is 0 Å². The van der Waals surface area contributed by atoms with Gasteiger partial charge in [-0.05, 0) is 43.9 Å². The van der Waals surface area contributed by atoms with Crippen LogP contribution in [0.25, 0.3) is 0 Å². The van der Waals surface area contributed by atoms with Crippen LogP contribution in [0, 0.1) is 0 Å². The van der Waals surface area contributed by atoms with Crippen LogP contribution in [0.2, 0.25) is 0 Å². The normalized spacial score (nSPS) is 11.8. The van der Waals surface area contributed by atoms with Crippen molar-refractivity contribution in [1.82, 2.24) is 0 Å². The molecule has 104 valence electrons. The molecule has 0 saturated heterocycles. The van der Waals surface area contributed by atoms with Crippen LogP contribution in [0.5, 0.6) is 0 Å². The molecule has 0 bridgehead atoms. The zero-order valence-corrected chi connectivity index (χ0v) is 14.2. The summed E-state index contributed by atoms with van der Waals surface area (Å²) in [4.78, 5) is 0. The lowest BCUT2D eigenvalue weighted by molar-refractivity contribution is 0.506. The lowest BCUT2D eigenvalue weighted by atomic mass is 9.81. The van der Waals surface area contributed by atoms with Gasteiger partial charge in [0.25, 0.3) is 0 Å². The van der Waals surface area contributed by atoms with Crippen LogP contribution in [-0.2, 0) is 22.8 Å². The molecule has 0 N–H and O–H groups in total. The summed E-state index contributed by atoms with van der Waals surface area (Å²) in [5.74, 6) is 0. The first-order chi connectivity index (χ1) is 8.19. The van der Waals surface area contributed by atoms with E-state index in [9.17, 15) is 0 Å². The summed E-state index contributed by atoms with van der Waals surface area (Å²) >= 11 is 3.73. The monoisotopic (exact) mass is 267 g/mol. The van der Waals surface area contributed by atoms with Crippen molar-refractivity contribution in [2.75, 3.05) is 0 Å². The van der Waals surface area contributed by atoms with Gasteiger partial charge in [-0.15, -0.1) is 0 Å². The lowest BCUT2D eigenvalue weighted by Gasteiger charge is -2.24. The summed E-state index contributed by atoms with van der Waals surface area (Å²) in [5.41, 5.74) is 3.04. The second kappa shape index (κ2) is 7.23. The molecule has 0 fully saturated rings. The summed E-state index contributed by atoms with van der Waals surface area (Å²) in [6.45, 7) is 15.4. The molecule has 0 aliphatic rings. The molecule has 0 aliphatic carbocycles. The van der Waals surface area contributed by atoms with Crippen molar-refractivity contribution >= 4 is 12.6 Å². The van der Waals surface area contributed by atoms with E-state index in [-0.39, 0.29) is 10.2 Å². The van der Waals surface area contributed by atoms with Gasteiger partial charge in [-0.25, -0.2) is 0 Å². The van der Waals surface area contributed by atoms with Gasteiger partial charge >= 0.3 is 0 Å². The summed E-state index contributed by atoms with van der Waals surface area (Å²) in [6, 6.07) is 8.95. The van der Waals surface area contributed by atoms with Crippen LogP contribution in [-0.4, -0.2) is 0 Å². The minimum atomic E-state index is 0.0644. The number of hydrogen-bond donors (Lipinski definition) is 0. The number of hydrogen-bond acceptors (Lipinski definition) is 0. The molecule has 1 rings (SSSR count). The Morgan fingerprint density at radius 3 is 1.44 bits per heavy atom. The third kappa shape index (κ3) is 5.48. The van der Waals surface area contributed by atoms with Crippen molar-refractivity contribution in [2.45, 2.75) is 71.5 Å². The Labute approximate surface area is 120 Å². The third-order valence-electron chi connectivity index (χ3n) is 3.27. The van der Waals surface area contributed by atoms with Gasteiger partial charge in [-0.3, -0.25) is 0 Å². The molecular formula is C17H31S+. The van der Waals surface area contributed by atoms with Crippen LogP contribution in [0.4, 0.5) is 0 Å². The molecule has 1 heteroatoms. The zero-order valence-electron chi connectivity index (χ0n) is 13.2. The van der Waals surface area contributed by atoms with Gasteiger partial charge in [0, 0.05) is 5.56 Å². The van der Waals surface area contributed by atoms with E-state index in [2.05, 4.69) is 85.4 Å². The maximum Gasteiger partial charge on any atom is 0.143 e. The maximum absolute atomic E-state index is 3.73. The summed E-state index contributed by atoms with van der Waals surface area (Å²) in [6.07, 6.45) is 2.42. The fourth-order valence-corrected chi connectivity index (χ4v) is 1.71. The SMILES string of the molecule is CCC.CCC(C)(C)c1ccc(C(C)(C)[SH2+])cc1. The predicted molar refractivity (Wildman–Crippen MR) is 88.9 cm³/mol. The summed E-state index contributed by atoms with van der Waals surface area (Å²) in [7, 11) is 0. The molecule has 0 radical (unpaired) electrons. The van der Waals surface area contributed by atoms with Gasteiger partial charge in [-0.2, -0.15) is 0 Å². The van der Waals surface area contributed by atoms with E-state index in [1.807, 2.05) is 0 Å². The molecule has 18 heavy (non-hydrogen) atoms. The van der Waals surface area contributed by atoms with Gasteiger partial charge in [0.05, 0.1) is 0 Å². The third-order valence-corrected chi connectivity index (χ3v) is 3.56. The van der Waals surface area contributed by atoms with Crippen molar-refractivity contribution in [3.05, 3.63) is 35.4 Å². The molecule has 1 aromatic carbocycles. The second-order valence-electron chi connectivity index (χ2n) is 6.15. The molecule has 0 spiro atoms. The van der Waals surface area contributed by atoms with Crippen molar-refractivity contribution in [3.8, 4) is 0 Å². The van der Waals surface area contributed by atoms with Crippen LogP contribution in [0.1, 0.15) is 72.4 Å². The van der Waals surface area contributed by atoms with Gasteiger partial charge < -0.3 is 0 Å². The smallest absolute Gasteiger partial charge is 0.0656 e. The van der Waals surface area contributed by atoms with Crippen LogP contribution < -0.4 is 0 Å². The van der Waals surface area contributed by atoms with Crippen LogP contribution in [0.3, 0.4) is 0 Å². The topological polar surface area (TPSA) is 0 Å². The highest BCUT2D eigenvalue weighted by molar-refractivity contribution is 7.59. The minimum Gasteiger partial charge on any atom is -0.0656 e. The fourth-order valence-electron chi connectivity index (χ4n) is 1.54. The van der Waals surface area contributed by atoms with E-state index in [0.29, 0.717) is 0 Å². The Morgan fingerprint density at radius 1 is 0.833 bits per heavy atom. The second-order valence-corrected chi connectivity index (χ2v) is 7.40. The van der Waals surface area contributed by atoms with Crippen molar-refractivity contribution in [2.24, 2.45) is 0 Å². The van der Waals surface area contributed by atoms with Crippen LogP contribution in [0.15, 0.2) is 24.3 Å². The van der Waals surface area contributed by atoms with Gasteiger partial charge in [0.15, 0.2) is 0 Å². The van der Waals surface area contributed by atoms with Gasteiger partial charge in [-0.1, -0.05) is 65.3 Å². The first kappa shape index (κ1) is 17.6.